The number of carbonyl (C=O) groups is 1. The summed E-state index contributed by atoms with van der Waals surface area (Å²) in [6, 6.07) is 11.8. The Balaban J connectivity index is 1.57. The van der Waals surface area contributed by atoms with E-state index in [-0.39, 0.29) is 11.7 Å². The van der Waals surface area contributed by atoms with E-state index >= 15 is 0 Å². The molecule has 0 saturated heterocycles. The summed E-state index contributed by atoms with van der Waals surface area (Å²) in [6.07, 6.45) is 0. The summed E-state index contributed by atoms with van der Waals surface area (Å²) in [4.78, 5) is 26.9. The Morgan fingerprint density at radius 1 is 1.12 bits per heavy atom. The van der Waals surface area contributed by atoms with E-state index in [2.05, 4.69) is 15.3 Å². The number of thiophene rings is 1. The van der Waals surface area contributed by atoms with Crippen LogP contribution in [0.2, 0.25) is 0 Å². The van der Waals surface area contributed by atoms with Gasteiger partial charge in [-0.05, 0) is 24.4 Å². The van der Waals surface area contributed by atoms with Gasteiger partial charge in [-0.1, -0.05) is 36.0 Å². The molecule has 8 heteroatoms. The highest BCUT2D eigenvalue weighted by Gasteiger charge is 2.13. The molecule has 3 heterocycles. The van der Waals surface area contributed by atoms with Crippen molar-refractivity contribution in [2.75, 3.05) is 11.1 Å². The van der Waals surface area contributed by atoms with Crippen LogP contribution in [0.15, 0.2) is 52.2 Å². The summed E-state index contributed by atoms with van der Waals surface area (Å²) >= 11 is 4.44. The molecule has 0 radical (unpaired) electrons. The van der Waals surface area contributed by atoms with Crippen molar-refractivity contribution in [2.45, 2.75) is 11.9 Å². The molecule has 5 nitrogen and oxygen atoms in total. The number of aryl methyl sites for hydroxylation is 1. The van der Waals surface area contributed by atoms with Gasteiger partial charge in [-0.25, -0.2) is 15.0 Å². The number of nitrogens with zero attached hydrogens (tertiary/aromatic N) is 3. The molecule has 0 fully saturated rings. The fourth-order valence-corrected chi connectivity index (χ4v) is 4.56. The smallest absolute Gasteiger partial charge is 0.236 e. The van der Waals surface area contributed by atoms with Gasteiger partial charge in [0.1, 0.15) is 5.03 Å². The van der Waals surface area contributed by atoms with Crippen molar-refractivity contribution in [1.29, 1.82) is 0 Å². The first-order valence-electron chi connectivity index (χ1n) is 7.84. The van der Waals surface area contributed by atoms with Crippen LogP contribution in [0.25, 0.3) is 21.6 Å². The molecule has 0 unspecified atom stereocenters. The number of thiazole rings is 1. The normalized spacial score (nSPS) is 11.0. The molecule has 0 aliphatic heterocycles. The highest BCUT2D eigenvalue weighted by Crippen LogP contribution is 2.30. The zero-order valence-electron chi connectivity index (χ0n) is 13.8. The molecule has 0 aliphatic carbocycles. The highest BCUT2D eigenvalue weighted by atomic mass is 32.2. The van der Waals surface area contributed by atoms with Crippen molar-refractivity contribution in [3.8, 4) is 10.7 Å². The molecule has 0 bridgehead atoms. The molecular formula is C18H14N4OS3. The van der Waals surface area contributed by atoms with Crippen LogP contribution in [0.4, 0.5) is 5.13 Å². The van der Waals surface area contributed by atoms with Gasteiger partial charge in [-0.15, -0.1) is 22.7 Å². The second kappa shape index (κ2) is 7.53. The number of anilines is 1. The molecule has 4 rings (SSSR count). The van der Waals surface area contributed by atoms with E-state index in [1.54, 1.807) is 11.3 Å². The zero-order valence-corrected chi connectivity index (χ0v) is 16.3. The lowest BCUT2D eigenvalue weighted by Gasteiger charge is -2.07. The van der Waals surface area contributed by atoms with Gasteiger partial charge in [0.05, 0.1) is 21.8 Å². The van der Waals surface area contributed by atoms with Crippen LogP contribution in [-0.4, -0.2) is 26.6 Å². The molecule has 1 aromatic carbocycles. The topological polar surface area (TPSA) is 67.8 Å². The molecule has 0 saturated carbocycles. The summed E-state index contributed by atoms with van der Waals surface area (Å²) in [5, 5.41) is 9.13. The van der Waals surface area contributed by atoms with Crippen LogP contribution in [0, 0.1) is 6.92 Å². The van der Waals surface area contributed by atoms with Gasteiger partial charge >= 0.3 is 0 Å². The fourth-order valence-electron chi connectivity index (χ4n) is 2.37. The second-order valence-electron chi connectivity index (χ2n) is 5.48. The third-order valence-electron chi connectivity index (χ3n) is 3.52. The number of carbonyl (C=O) groups excluding carboxylic acids is 1. The summed E-state index contributed by atoms with van der Waals surface area (Å²) in [5.74, 6) is 0.866. The van der Waals surface area contributed by atoms with Crippen LogP contribution in [0.5, 0.6) is 0 Å². The lowest BCUT2D eigenvalue weighted by Crippen LogP contribution is -2.14. The maximum atomic E-state index is 12.2. The summed E-state index contributed by atoms with van der Waals surface area (Å²) in [6.45, 7) is 1.90. The summed E-state index contributed by atoms with van der Waals surface area (Å²) < 4.78 is 0. The zero-order chi connectivity index (χ0) is 17.9. The number of thioether (sulfide) groups is 1. The minimum Gasteiger partial charge on any atom is -0.301 e. The molecule has 3 aromatic heterocycles. The Bertz CT molecular complexity index is 1060. The van der Waals surface area contributed by atoms with Gasteiger partial charge in [0.15, 0.2) is 11.0 Å². The molecule has 1 N–H and O–H groups in total. The van der Waals surface area contributed by atoms with Crippen molar-refractivity contribution in [2.24, 2.45) is 0 Å². The molecule has 0 atom stereocenters. The van der Waals surface area contributed by atoms with Crippen molar-refractivity contribution in [3.05, 3.63) is 52.9 Å². The lowest BCUT2D eigenvalue weighted by molar-refractivity contribution is -0.113. The van der Waals surface area contributed by atoms with Crippen LogP contribution in [-0.2, 0) is 4.79 Å². The van der Waals surface area contributed by atoms with Crippen molar-refractivity contribution in [3.63, 3.8) is 0 Å². The van der Waals surface area contributed by atoms with Crippen LogP contribution in [0.1, 0.15) is 5.69 Å². The Hall–Kier alpha value is -2.29. The number of hydrogen-bond donors (Lipinski definition) is 1. The average molecular weight is 399 g/mol. The first-order chi connectivity index (χ1) is 12.7. The molecular weight excluding hydrogens is 384 g/mol. The van der Waals surface area contributed by atoms with Crippen LogP contribution >= 0.6 is 34.4 Å². The van der Waals surface area contributed by atoms with E-state index < -0.39 is 0 Å². The third-order valence-corrected chi connectivity index (χ3v) is 6.25. The lowest BCUT2D eigenvalue weighted by atomic mass is 10.2. The summed E-state index contributed by atoms with van der Waals surface area (Å²) in [7, 11) is 0. The molecule has 4 aromatic rings. The van der Waals surface area contributed by atoms with E-state index in [0.29, 0.717) is 11.0 Å². The van der Waals surface area contributed by atoms with Gasteiger partial charge in [0.25, 0.3) is 0 Å². The molecule has 26 heavy (non-hydrogen) atoms. The Morgan fingerprint density at radius 2 is 2.00 bits per heavy atom. The number of benzene rings is 1. The van der Waals surface area contributed by atoms with E-state index in [4.69, 9.17) is 4.98 Å². The standard InChI is InChI=1S/C18H14N4OS3/c1-11-9-26-18(19-11)21-15(23)10-25-17-12-5-2-3-6-13(12)20-16(22-17)14-7-4-8-24-14/h2-9H,10H2,1H3,(H,19,21,23). The van der Waals surface area contributed by atoms with Crippen molar-refractivity contribution in [1.82, 2.24) is 15.0 Å². The van der Waals surface area contributed by atoms with E-state index in [1.807, 2.05) is 54.1 Å². The predicted molar refractivity (Wildman–Crippen MR) is 109 cm³/mol. The van der Waals surface area contributed by atoms with Gasteiger partial charge in [-0.2, -0.15) is 0 Å². The van der Waals surface area contributed by atoms with Crippen LogP contribution < -0.4 is 5.32 Å². The maximum Gasteiger partial charge on any atom is 0.236 e. The van der Waals surface area contributed by atoms with E-state index in [1.165, 1.54) is 23.1 Å². The SMILES string of the molecule is Cc1csc(NC(=O)CSc2nc(-c3cccs3)nc3ccccc23)n1. The van der Waals surface area contributed by atoms with Gasteiger partial charge in [-0.3, -0.25) is 4.79 Å². The molecule has 0 aliphatic rings. The van der Waals surface area contributed by atoms with Crippen molar-refractivity contribution >= 4 is 56.4 Å². The predicted octanol–water partition coefficient (Wildman–Crippen LogP) is 4.85. The minimum absolute atomic E-state index is 0.0929. The molecule has 0 spiro atoms. The maximum absolute atomic E-state index is 12.2. The Morgan fingerprint density at radius 3 is 2.77 bits per heavy atom. The second-order valence-corrected chi connectivity index (χ2v) is 8.25. The number of amides is 1. The van der Waals surface area contributed by atoms with Gasteiger partial charge < -0.3 is 5.32 Å². The fraction of sp³-hybridized carbons (Fsp3) is 0.111. The average Bonchev–Trinajstić information content (AvgIpc) is 3.31. The minimum atomic E-state index is -0.0929. The number of hydrogen-bond acceptors (Lipinski definition) is 7. The Labute approximate surface area is 162 Å². The van der Waals surface area contributed by atoms with E-state index in [0.717, 1.165) is 26.5 Å². The van der Waals surface area contributed by atoms with Gasteiger partial charge in [0.2, 0.25) is 5.91 Å². The Kier molecular flexibility index (Phi) is 4.96. The van der Waals surface area contributed by atoms with Gasteiger partial charge in [0, 0.05) is 10.8 Å². The molecule has 130 valence electrons. The molecule has 1 amide bonds. The first kappa shape index (κ1) is 17.1. The third kappa shape index (κ3) is 3.77. The van der Waals surface area contributed by atoms with Crippen molar-refractivity contribution < 1.29 is 4.79 Å². The number of nitrogens with one attached hydrogen (secondary N) is 1. The monoisotopic (exact) mass is 398 g/mol. The number of para-hydroxylation sites is 1. The van der Waals surface area contributed by atoms with Crippen LogP contribution in [0.3, 0.4) is 0 Å². The number of rotatable bonds is 5. The number of aromatic nitrogens is 3. The number of fused-ring (bicyclic) bond motifs is 1. The largest absolute Gasteiger partial charge is 0.301 e. The summed E-state index contributed by atoms with van der Waals surface area (Å²) in [5.41, 5.74) is 1.78. The van der Waals surface area contributed by atoms with E-state index in [9.17, 15) is 4.79 Å². The highest BCUT2D eigenvalue weighted by molar-refractivity contribution is 8.00. The quantitative estimate of drug-likeness (QED) is 0.384. The first-order valence-corrected chi connectivity index (χ1v) is 10.6.